The molecule has 0 saturated heterocycles. The number of aromatic hydroxyl groups is 1. The fraction of sp³-hybridized carbons (Fsp3) is 0.357. The zero-order valence-electron chi connectivity index (χ0n) is 11.3. The van der Waals surface area contributed by atoms with Gasteiger partial charge in [-0.25, -0.2) is 4.99 Å². The van der Waals surface area contributed by atoms with Gasteiger partial charge in [0, 0.05) is 5.71 Å². The minimum atomic E-state index is -0.522. The van der Waals surface area contributed by atoms with Crippen molar-refractivity contribution in [2.45, 2.75) is 19.9 Å². The standard InChI is InChI=1S/C14H16N2O3S/c1-3-19-13(18)11-8(2)15-14(20)16-12(11)9-4-6-10(17)7-5-9/h4-7,11-12,17H,3H2,1-2H3,(H,16,20). The van der Waals surface area contributed by atoms with Gasteiger partial charge in [-0.2, -0.15) is 0 Å². The van der Waals surface area contributed by atoms with Crippen LogP contribution in [0.3, 0.4) is 0 Å². The van der Waals surface area contributed by atoms with Gasteiger partial charge in [0.2, 0.25) is 0 Å². The number of phenolic OH excluding ortho intramolecular Hbond substituents is 1. The second kappa shape index (κ2) is 6.00. The van der Waals surface area contributed by atoms with Crippen LogP contribution in [0.4, 0.5) is 0 Å². The molecule has 2 rings (SSSR count). The number of carbonyl (C=O) groups is 1. The van der Waals surface area contributed by atoms with Crippen molar-refractivity contribution in [3.8, 4) is 5.75 Å². The van der Waals surface area contributed by atoms with E-state index in [1.165, 1.54) is 0 Å². The van der Waals surface area contributed by atoms with Gasteiger partial charge in [0.25, 0.3) is 0 Å². The molecule has 0 amide bonds. The Bertz CT molecular complexity index is 554. The lowest BCUT2D eigenvalue weighted by Crippen LogP contribution is -2.44. The van der Waals surface area contributed by atoms with E-state index in [1.54, 1.807) is 38.1 Å². The molecule has 0 aromatic heterocycles. The lowest BCUT2D eigenvalue weighted by atomic mass is 9.88. The quantitative estimate of drug-likeness (QED) is 0.658. The van der Waals surface area contributed by atoms with Crippen LogP contribution in [0.25, 0.3) is 0 Å². The SMILES string of the molecule is CCOC(=O)C1C(C)=NC(=S)NC1c1ccc(O)cc1. The molecule has 1 heterocycles. The van der Waals surface area contributed by atoms with E-state index in [0.717, 1.165) is 5.56 Å². The van der Waals surface area contributed by atoms with Crippen molar-refractivity contribution < 1.29 is 14.6 Å². The summed E-state index contributed by atoms with van der Waals surface area (Å²) in [4.78, 5) is 16.3. The third-order valence-electron chi connectivity index (χ3n) is 3.13. The number of ether oxygens (including phenoxy) is 1. The van der Waals surface area contributed by atoms with E-state index in [-0.39, 0.29) is 17.8 Å². The van der Waals surface area contributed by atoms with Crippen LogP contribution in [-0.2, 0) is 9.53 Å². The Kier molecular flexibility index (Phi) is 4.34. The molecule has 2 N–H and O–H groups in total. The highest BCUT2D eigenvalue weighted by Crippen LogP contribution is 2.29. The fourth-order valence-electron chi connectivity index (χ4n) is 2.22. The maximum atomic E-state index is 12.1. The van der Waals surface area contributed by atoms with Gasteiger partial charge in [-0.1, -0.05) is 12.1 Å². The van der Waals surface area contributed by atoms with E-state index < -0.39 is 5.92 Å². The predicted octanol–water partition coefficient (Wildman–Crippen LogP) is 1.96. The molecule has 1 aromatic rings. The van der Waals surface area contributed by atoms with Gasteiger partial charge in [-0.05, 0) is 43.8 Å². The van der Waals surface area contributed by atoms with Crippen molar-refractivity contribution in [3.63, 3.8) is 0 Å². The first-order valence-electron chi connectivity index (χ1n) is 6.34. The number of benzene rings is 1. The number of carbonyl (C=O) groups excluding carboxylic acids is 1. The molecule has 0 radical (unpaired) electrons. The van der Waals surface area contributed by atoms with E-state index >= 15 is 0 Å². The van der Waals surface area contributed by atoms with E-state index in [1.807, 2.05) is 0 Å². The Labute approximate surface area is 122 Å². The molecular weight excluding hydrogens is 276 g/mol. The summed E-state index contributed by atoms with van der Waals surface area (Å²) in [5.41, 5.74) is 1.47. The number of nitrogens with zero attached hydrogens (tertiary/aromatic N) is 1. The fourth-order valence-corrected chi connectivity index (χ4v) is 2.49. The molecule has 0 saturated carbocycles. The van der Waals surface area contributed by atoms with Gasteiger partial charge in [0.05, 0.1) is 12.6 Å². The van der Waals surface area contributed by atoms with Crippen LogP contribution in [-0.4, -0.2) is 28.5 Å². The first-order chi connectivity index (χ1) is 9.52. The molecule has 2 atom stereocenters. The van der Waals surface area contributed by atoms with Crippen LogP contribution >= 0.6 is 12.2 Å². The van der Waals surface area contributed by atoms with E-state index in [2.05, 4.69) is 10.3 Å². The van der Waals surface area contributed by atoms with Crippen molar-refractivity contribution in [2.24, 2.45) is 10.9 Å². The Morgan fingerprint density at radius 2 is 2.10 bits per heavy atom. The Morgan fingerprint density at radius 3 is 2.70 bits per heavy atom. The largest absolute Gasteiger partial charge is 0.508 e. The molecule has 2 unspecified atom stereocenters. The maximum absolute atomic E-state index is 12.1. The number of esters is 1. The lowest BCUT2D eigenvalue weighted by molar-refractivity contribution is -0.146. The molecule has 6 heteroatoms. The van der Waals surface area contributed by atoms with E-state index in [4.69, 9.17) is 17.0 Å². The first-order valence-corrected chi connectivity index (χ1v) is 6.75. The van der Waals surface area contributed by atoms with Crippen LogP contribution in [0, 0.1) is 5.92 Å². The summed E-state index contributed by atoms with van der Waals surface area (Å²) in [6.07, 6.45) is 0. The number of nitrogens with one attached hydrogen (secondary N) is 1. The number of phenols is 1. The minimum absolute atomic E-state index is 0.171. The molecule has 0 aliphatic carbocycles. The van der Waals surface area contributed by atoms with Crippen molar-refractivity contribution in [1.29, 1.82) is 0 Å². The number of hydrogen-bond acceptors (Lipinski definition) is 4. The molecular formula is C14H16N2O3S. The van der Waals surface area contributed by atoms with Gasteiger partial charge in [0.1, 0.15) is 11.7 Å². The summed E-state index contributed by atoms with van der Waals surface area (Å²) in [5.74, 6) is -0.682. The highest BCUT2D eigenvalue weighted by Gasteiger charge is 2.36. The number of hydrogen-bond donors (Lipinski definition) is 2. The highest BCUT2D eigenvalue weighted by atomic mass is 32.1. The molecule has 0 spiro atoms. The molecule has 0 bridgehead atoms. The summed E-state index contributed by atoms with van der Waals surface area (Å²) >= 11 is 5.09. The topological polar surface area (TPSA) is 70.9 Å². The Hall–Kier alpha value is -1.95. The van der Waals surface area contributed by atoms with Gasteiger partial charge in [0.15, 0.2) is 5.11 Å². The summed E-state index contributed by atoms with van der Waals surface area (Å²) in [6, 6.07) is 6.31. The summed E-state index contributed by atoms with van der Waals surface area (Å²) in [5, 5.41) is 12.7. The molecule has 1 aromatic carbocycles. The summed E-state index contributed by atoms with van der Waals surface area (Å²) < 4.78 is 5.11. The van der Waals surface area contributed by atoms with Crippen molar-refractivity contribution in [2.75, 3.05) is 6.61 Å². The van der Waals surface area contributed by atoms with Crippen LogP contribution in [0.15, 0.2) is 29.3 Å². The van der Waals surface area contributed by atoms with E-state index in [9.17, 15) is 9.90 Å². The zero-order chi connectivity index (χ0) is 14.7. The third-order valence-corrected chi connectivity index (χ3v) is 3.34. The lowest BCUT2D eigenvalue weighted by Gasteiger charge is -2.30. The average Bonchev–Trinajstić information content (AvgIpc) is 2.38. The average molecular weight is 292 g/mol. The number of thiocarbonyl (C=S) groups is 1. The van der Waals surface area contributed by atoms with Gasteiger partial charge < -0.3 is 15.2 Å². The highest BCUT2D eigenvalue weighted by molar-refractivity contribution is 7.80. The smallest absolute Gasteiger partial charge is 0.317 e. The second-order valence-corrected chi connectivity index (χ2v) is 4.89. The number of rotatable bonds is 3. The molecule has 1 aliphatic rings. The van der Waals surface area contributed by atoms with Crippen molar-refractivity contribution >= 4 is 29.0 Å². The van der Waals surface area contributed by atoms with E-state index in [0.29, 0.717) is 17.4 Å². The molecule has 20 heavy (non-hydrogen) atoms. The first kappa shape index (κ1) is 14.5. The zero-order valence-corrected chi connectivity index (χ0v) is 12.1. The van der Waals surface area contributed by atoms with Crippen LogP contribution in [0.5, 0.6) is 5.75 Å². The van der Waals surface area contributed by atoms with Gasteiger partial charge >= 0.3 is 5.97 Å². The second-order valence-electron chi connectivity index (χ2n) is 4.50. The monoisotopic (exact) mass is 292 g/mol. The van der Waals surface area contributed by atoms with Crippen molar-refractivity contribution in [3.05, 3.63) is 29.8 Å². The molecule has 0 fully saturated rings. The Balaban J connectivity index is 2.37. The molecule has 1 aliphatic heterocycles. The minimum Gasteiger partial charge on any atom is -0.508 e. The van der Waals surface area contributed by atoms with Gasteiger partial charge in [-0.3, -0.25) is 4.79 Å². The van der Waals surface area contributed by atoms with Gasteiger partial charge in [-0.15, -0.1) is 0 Å². The van der Waals surface area contributed by atoms with Crippen LogP contribution in [0.1, 0.15) is 25.5 Å². The molecule has 106 valence electrons. The van der Waals surface area contributed by atoms with Crippen LogP contribution in [0.2, 0.25) is 0 Å². The maximum Gasteiger partial charge on any atom is 0.317 e. The predicted molar refractivity (Wildman–Crippen MR) is 79.8 cm³/mol. The van der Waals surface area contributed by atoms with Crippen molar-refractivity contribution in [1.82, 2.24) is 5.32 Å². The number of aliphatic imine (C=N–C) groups is 1. The Morgan fingerprint density at radius 1 is 1.45 bits per heavy atom. The third kappa shape index (κ3) is 2.96. The summed E-state index contributed by atoms with van der Waals surface area (Å²) in [7, 11) is 0. The van der Waals surface area contributed by atoms with Crippen LogP contribution < -0.4 is 5.32 Å². The summed E-state index contributed by atoms with van der Waals surface area (Å²) in [6.45, 7) is 3.85. The normalized spacial score (nSPS) is 21.9. The molecule has 5 nitrogen and oxygen atoms in total.